The van der Waals surface area contributed by atoms with Crippen LogP contribution in [0, 0.1) is 0 Å². The molecule has 0 bridgehead atoms. The van der Waals surface area contributed by atoms with Crippen molar-refractivity contribution in [3.8, 4) is 11.1 Å². The van der Waals surface area contributed by atoms with Crippen molar-refractivity contribution >= 4 is 22.2 Å². The fraction of sp³-hybridized carbons (Fsp3) is 0.577. The minimum atomic E-state index is 0.188. The SMILES string of the molecule is CC1CN(CC2CCCN2C(=O)c2cc(-c3ccccc3)c(N3CCOCC3)s2)CC(C)O1. The average molecular weight is 470 g/mol. The number of anilines is 1. The topological polar surface area (TPSA) is 45.2 Å². The zero-order valence-electron chi connectivity index (χ0n) is 19.7. The molecule has 0 N–H and O–H groups in total. The third-order valence-electron chi connectivity index (χ3n) is 6.91. The summed E-state index contributed by atoms with van der Waals surface area (Å²) in [6.07, 6.45) is 2.67. The summed E-state index contributed by atoms with van der Waals surface area (Å²) >= 11 is 1.65. The number of amides is 1. The van der Waals surface area contributed by atoms with E-state index >= 15 is 0 Å². The number of thiophene rings is 1. The van der Waals surface area contributed by atoms with E-state index in [-0.39, 0.29) is 24.2 Å². The maximum absolute atomic E-state index is 13.8. The van der Waals surface area contributed by atoms with Gasteiger partial charge in [-0.3, -0.25) is 9.69 Å². The van der Waals surface area contributed by atoms with Crippen molar-refractivity contribution in [2.45, 2.75) is 44.9 Å². The molecule has 3 unspecified atom stereocenters. The Morgan fingerprint density at radius 3 is 2.52 bits per heavy atom. The Bertz CT molecular complexity index is 934. The molecule has 6 nitrogen and oxygen atoms in total. The van der Waals surface area contributed by atoms with Gasteiger partial charge < -0.3 is 19.3 Å². The van der Waals surface area contributed by atoms with Gasteiger partial charge in [0.15, 0.2) is 0 Å². The lowest BCUT2D eigenvalue weighted by molar-refractivity contribution is -0.0715. The minimum absolute atomic E-state index is 0.188. The molecule has 2 aromatic rings. The highest BCUT2D eigenvalue weighted by molar-refractivity contribution is 7.18. The summed E-state index contributed by atoms with van der Waals surface area (Å²) in [4.78, 5) is 21.6. The van der Waals surface area contributed by atoms with Crippen molar-refractivity contribution in [3.63, 3.8) is 0 Å². The Morgan fingerprint density at radius 1 is 1.06 bits per heavy atom. The second-order valence-electron chi connectivity index (χ2n) is 9.57. The molecule has 5 rings (SSSR count). The molecule has 178 valence electrons. The summed E-state index contributed by atoms with van der Waals surface area (Å²) < 4.78 is 11.5. The van der Waals surface area contributed by atoms with Crippen LogP contribution >= 0.6 is 11.3 Å². The number of carbonyl (C=O) groups excluding carboxylic acids is 1. The highest BCUT2D eigenvalue weighted by Gasteiger charge is 2.34. The summed E-state index contributed by atoms with van der Waals surface area (Å²) in [5.41, 5.74) is 2.33. The van der Waals surface area contributed by atoms with Gasteiger partial charge in [0, 0.05) is 50.9 Å². The Morgan fingerprint density at radius 2 is 1.79 bits per heavy atom. The summed E-state index contributed by atoms with van der Waals surface area (Å²) in [5, 5.41) is 1.19. The van der Waals surface area contributed by atoms with E-state index in [0.717, 1.165) is 75.8 Å². The van der Waals surface area contributed by atoms with Gasteiger partial charge in [-0.1, -0.05) is 30.3 Å². The van der Waals surface area contributed by atoms with Gasteiger partial charge in [-0.2, -0.15) is 0 Å². The molecule has 0 aliphatic carbocycles. The number of carbonyl (C=O) groups is 1. The van der Waals surface area contributed by atoms with E-state index in [9.17, 15) is 4.79 Å². The first-order valence-electron chi connectivity index (χ1n) is 12.3. The molecule has 0 saturated carbocycles. The molecule has 7 heteroatoms. The largest absolute Gasteiger partial charge is 0.378 e. The van der Waals surface area contributed by atoms with Crippen molar-refractivity contribution in [2.75, 3.05) is 57.4 Å². The Kier molecular flexibility index (Phi) is 7.02. The molecule has 3 saturated heterocycles. The Hall–Kier alpha value is -1.93. The van der Waals surface area contributed by atoms with Crippen LogP contribution in [0.4, 0.5) is 5.00 Å². The quantitative estimate of drug-likeness (QED) is 0.663. The van der Waals surface area contributed by atoms with E-state index in [4.69, 9.17) is 9.47 Å². The van der Waals surface area contributed by atoms with Crippen molar-refractivity contribution in [3.05, 3.63) is 41.3 Å². The van der Waals surface area contributed by atoms with Gasteiger partial charge in [0.1, 0.15) is 0 Å². The zero-order valence-corrected chi connectivity index (χ0v) is 20.6. The molecule has 33 heavy (non-hydrogen) atoms. The minimum Gasteiger partial charge on any atom is -0.378 e. The molecule has 1 amide bonds. The Labute approximate surface area is 201 Å². The number of morpholine rings is 2. The highest BCUT2D eigenvalue weighted by atomic mass is 32.1. The molecular formula is C26H35N3O3S. The van der Waals surface area contributed by atoms with Crippen molar-refractivity contribution in [1.82, 2.24) is 9.80 Å². The number of ether oxygens (including phenoxy) is 2. The van der Waals surface area contributed by atoms with Gasteiger partial charge >= 0.3 is 0 Å². The standard InChI is InChI=1S/C26H35N3O3S/c1-19-16-27(17-20(2)32-19)18-22-9-6-10-29(22)25(30)24-15-23(21-7-4-3-5-8-21)26(33-24)28-11-13-31-14-12-28/h3-5,7-8,15,19-20,22H,6,9-14,16-18H2,1-2H3. The van der Waals surface area contributed by atoms with Crippen molar-refractivity contribution < 1.29 is 14.3 Å². The van der Waals surface area contributed by atoms with Crippen LogP contribution in [0.5, 0.6) is 0 Å². The van der Waals surface area contributed by atoms with E-state index in [1.807, 2.05) is 6.07 Å². The number of hydrogen-bond donors (Lipinski definition) is 0. The molecule has 0 radical (unpaired) electrons. The molecule has 1 aromatic carbocycles. The summed E-state index contributed by atoms with van der Waals surface area (Å²) in [6, 6.07) is 12.9. The molecule has 3 atom stereocenters. The van der Waals surface area contributed by atoms with Gasteiger partial charge in [0.25, 0.3) is 5.91 Å². The van der Waals surface area contributed by atoms with E-state index < -0.39 is 0 Å². The molecule has 0 spiro atoms. The Balaban J connectivity index is 1.37. The van der Waals surface area contributed by atoms with Crippen LogP contribution in [0.2, 0.25) is 0 Å². The lowest BCUT2D eigenvalue weighted by Crippen LogP contribution is -2.50. The highest BCUT2D eigenvalue weighted by Crippen LogP contribution is 2.40. The van der Waals surface area contributed by atoms with Crippen molar-refractivity contribution in [1.29, 1.82) is 0 Å². The maximum Gasteiger partial charge on any atom is 0.264 e. The maximum atomic E-state index is 13.8. The predicted molar refractivity (Wildman–Crippen MR) is 133 cm³/mol. The van der Waals surface area contributed by atoms with Gasteiger partial charge in [-0.15, -0.1) is 11.3 Å². The summed E-state index contributed by atoms with van der Waals surface area (Å²) in [5.74, 6) is 0.188. The molecular weight excluding hydrogens is 434 g/mol. The predicted octanol–water partition coefficient (Wildman–Crippen LogP) is 3.97. The van der Waals surface area contributed by atoms with E-state index in [1.165, 1.54) is 10.6 Å². The lowest BCUT2D eigenvalue weighted by atomic mass is 10.1. The van der Waals surface area contributed by atoms with Crippen LogP contribution in [-0.4, -0.2) is 86.4 Å². The number of hydrogen-bond acceptors (Lipinski definition) is 6. The van der Waals surface area contributed by atoms with Crippen LogP contribution in [0.25, 0.3) is 11.1 Å². The summed E-state index contributed by atoms with van der Waals surface area (Å²) in [7, 11) is 0. The summed E-state index contributed by atoms with van der Waals surface area (Å²) in [6.45, 7) is 11.2. The van der Waals surface area contributed by atoms with Crippen LogP contribution in [0.1, 0.15) is 36.4 Å². The fourth-order valence-corrected chi connectivity index (χ4v) is 6.67. The van der Waals surface area contributed by atoms with Gasteiger partial charge in [0.05, 0.1) is 35.3 Å². The van der Waals surface area contributed by atoms with Gasteiger partial charge in [-0.05, 0) is 38.3 Å². The molecule has 3 aliphatic rings. The van der Waals surface area contributed by atoms with Crippen LogP contribution in [-0.2, 0) is 9.47 Å². The first-order valence-corrected chi connectivity index (χ1v) is 13.1. The van der Waals surface area contributed by atoms with Crippen LogP contribution < -0.4 is 4.90 Å². The van der Waals surface area contributed by atoms with E-state index in [2.05, 4.69) is 58.9 Å². The molecule has 1 aromatic heterocycles. The monoisotopic (exact) mass is 469 g/mol. The normalized spacial score (nSPS) is 26.7. The first-order chi connectivity index (χ1) is 16.1. The van der Waals surface area contributed by atoms with E-state index in [1.54, 1.807) is 11.3 Å². The lowest BCUT2D eigenvalue weighted by Gasteiger charge is -2.38. The molecule has 3 aliphatic heterocycles. The van der Waals surface area contributed by atoms with Crippen LogP contribution in [0.3, 0.4) is 0 Å². The second kappa shape index (κ2) is 10.1. The molecule has 4 heterocycles. The first kappa shape index (κ1) is 22.8. The van der Waals surface area contributed by atoms with Gasteiger partial charge in [-0.25, -0.2) is 0 Å². The smallest absolute Gasteiger partial charge is 0.264 e. The molecule has 3 fully saturated rings. The zero-order chi connectivity index (χ0) is 22.8. The number of rotatable bonds is 5. The fourth-order valence-electron chi connectivity index (χ4n) is 5.48. The third kappa shape index (κ3) is 5.11. The van der Waals surface area contributed by atoms with Gasteiger partial charge in [0.2, 0.25) is 0 Å². The van der Waals surface area contributed by atoms with Crippen LogP contribution in [0.15, 0.2) is 36.4 Å². The van der Waals surface area contributed by atoms with E-state index in [0.29, 0.717) is 0 Å². The van der Waals surface area contributed by atoms with Crippen molar-refractivity contribution in [2.24, 2.45) is 0 Å². The number of nitrogens with zero attached hydrogens (tertiary/aromatic N) is 3. The average Bonchev–Trinajstić information content (AvgIpc) is 3.47. The number of benzene rings is 1. The second-order valence-corrected chi connectivity index (χ2v) is 10.6. The number of likely N-dealkylation sites (tertiary alicyclic amines) is 1. The third-order valence-corrected chi connectivity index (χ3v) is 8.09.